The van der Waals surface area contributed by atoms with E-state index in [0.717, 1.165) is 0 Å². The van der Waals surface area contributed by atoms with Crippen molar-refractivity contribution in [3.63, 3.8) is 0 Å². The van der Waals surface area contributed by atoms with Gasteiger partial charge >= 0.3 is 0 Å². The summed E-state index contributed by atoms with van der Waals surface area (Å²) in [5.41, 5.74) is 0. The zero-order valence-corrected chi connectivity index (χ0v) is 6.65. The molecule has 2 heterocycles. The second-order valence-electron chi connectivity index (χ2n) is 2.04. The first-order valence-electron chi connectivity index (χ1n) is 3.20. The summed E-state index contributed by atoms with van der Waals surface area (Å²) in [6.45, 7) is 0. The van der Waals surface area contributed by atoms with Crippen LogP contribution in [-0.4, -0.2) is 25.1 Å². The van der Waals surface area contributed by atoms with Crippen LogP contribution in [0.5, 0.6) is 0 Å². The minimum atomic E-state index is 0.386. The molecule has 0 radical (unpaired) electrons. The fourth-order valence-corrected chi connectivity index (χ4v) is 0.900. The van der Waals surface area contributed by atoms with Gasteiger partial charge in [0.25, 0.3) is 0 Å². The maximum atomic E-state index is 5.65. The molecule has 0 aliphatic carbocycles. The highest BCUT2D eigenvalue weighted by Crippen LogP contribution is 2.09. The minimum Gasteiger partial charge on any atom is -0.257 e. The number of aromatic nitrogens is 5. The number of halogens is 1. The van der Waals surface area contributed by atoms with Crippen LogP contribution in [-0.2, 0) is 0 Å². The van der Waals surface area contributed by atoms with Gasteiger partial charge < -0.3 is 0 Å². The molecular formula is C6H4ClN5. The quantitative estimate of drug-likeness (QED) is 0.665. The highest BCUT2D eigenvalue weighted by molar-refractivity contribution is 6.29. The number of nitrogens with zero attached hydrogens (tertiary/aromatic N) is 4. The number of hydrogen-bond donors (Lipinski definition) is 1. The Balaban J connectivity index is 2.48. The van der Waals surface area contributed by atoms with Gasteiger partial charge in [-0.3, -0.25) is 5.10 Å². The van der Waals surface area contributed by atoms with Crippen LogP contribution in [0.3, 0.4) is 0 Å². The van der Waals surface area contributed by atoms with Gasteiger partial charge in [-0.05, 0) is 6.07 Å². The molecule has 0 saturated heterocycles. The SMILES string of the molecule is Clc1ccnc(-c2ncn[nH]2)n1. The van der Waals surface area contributed by atoms with E-state index in [2.05, 4.69) is 25.1 Å². The highest BCUT2D eigenvalue weighted by atomic mass is 35.5. The van der Waals surface area contributed by atoms with Crippen molar-refractivity contribution >= 4 is 11.6 Å². The molecule has 0 atom stereocenters. The lowest BCUT2D eigenvalue weighted by Crippen LogP contribution is -1.89. The second-order valence-corrected chi connectivity index (χ2v) is 2.42. The van der Waals surface area contributed by atoms with Crippen LogP contribution in [0.1, 0.15) is 0 Å². The highest BCUT2D eigenvalue weighted by Gasteiger charge is 2.02. The van der Waals surface area contributed by atoms with Crippen molar-refractivity contribution < 1.29 is 0 Å². The number of rotatable bonds is 1. The van der Waals surface area contributed by atoms with Gasteiger partial charge in [0.1, 0.15) is 11.5 Å². The van der Waals surface area contributed by atoms with E-state index < -0.39 is 0 Å². The van der Waals surface area contributed by atoms with Gasteiger partial charge in [0.15, 0.2) is 11.6 Å². The molecule has 0 aliphatic heterocycles. The molecule has 2 aromatic rings. The van der Waals surface area contributed by atoms with Crippen molar-refractivity contribution in [3.8, 4) is 11.6 Å². The zero-order chi connectivity index (χ0) is 8.39. The van der Waals surface area contributed by atoms with Crippen molar-refractivity contribution in [3.05, 3.63) is 23.7 Å². The Hall–Kier alpha value is -1.49. The van der Waals surface area contributed by atoms with E-state index in [1.54, 1.807) is 12.3 Å². The smallest absolute Gasteiger partial charge is 0.198 e. The summed E-state index contributed by atoms with van der Waals surface area (Å²) in [5.74, 6) is 0.956. The van der Waals surface area contributed by atoms with Crippen LogP contribution in [0.15, 0.2) is 18.6 Å². The summed E-state index contributed by atoms with van der Waals surface area (Å²) < 4.78 is 0. The Kier molecular flexibility index (Phi) is 1.71. The van der Waals surface area contributed by atoms with E-state index >= 15 is 0 Å². The molecule has 2 rings (SSSR count). The van der Waals surface area contributed by atoms with Gasteiger partial charge in [-0.2, -0.15) is 5.10 Å². The second kappa shape index (κ2) is 2.86. The van der Waals surface area contributed by atoms with Crippen LogP contribution in [0.4, 0.5) is 0 Å². The van der Waals surface area contributed by atoms with Crippen LogP contribution in [0.2, 0.25) is 5.15 Å². The van der Waals surface area contributed by atoms with Crippen LogP contribution in [0, 0.1) is 0 Å². The molecule has 0 fully saturated rings. The molecule has 0 spiro atoms. The maximum Gasteiger partial charge on any atom is 0.198 e. The molecule has 0 bridgehead atoms. The Bertz CT molecular complexity index is 371. The molecule has 60 valence electrons. The first kappa shape index (κ1) is 7.17. The van der Waals surface area contributed by atoms with Crippen molar-refractivity contribution in [2.24, 2.45) is 0 Å². The summed E-state index contributed by atoms with van der Waals surface area (Å²) in [4.78, 5) is 11.8. The third kappa shape index (κ3) is 1.26. The van der Waals surface area contributed by atoms with E-state index in [-0.39, 0.29) is 0 Å². The third-order valence-electron chi connectivity index (χ3n) is 1.25. The fraction of sp³-hybridized carbons (Fsp3) is 0. The predicted octanol–water partition coefficient (Wildman–Crippen LogP) is 0.915. The van der Waals surface area contributed by atoms with Crippen LogP contribution >= 0.6 is 11.6 Å². The average Bonchev–Trinajstić information content (AvgIpc) is 2.56. The first-order chi connectivity index (χ1) is 5.86. The van der Waals surface area contributed by atoms with E-state index in [1.807, 2.05) is 0 Å². The number of nitrogens with one attached hydrogen (secondary N) is 1. The Morgan fingerprint density at radius 2 is 2.25 bits per heavy atom. The largest absolute Gasteiger partial charge is 0.257 e. The molecule has 6 heteroatoms. The van der Waals surface area contributed by atoms with Crippen molar-refractivity contribution in [2.45, 2.75) is 0 Å². The fourth-order valence-electron chi connectivity index (χ4n) is 0.764. The van der Waals surface area contributed by atoms with Crippen molar-refractivity contribution in [1.29, 1.82) is 0 Å². The molecule has 2 aromatic heterocycles. The van der Waals surface area contributed by atoms with Crippen LogP contribution < -0.4 is 0 Å². The summed E-state index contributed by atoms with van der Waals surface area (Å²) in [6, 6.07) is 1.60. The van der Waals surface area contributed by atoms with Gasteiger partial charge in [0.2, 0.25) is 0 Å². The molecular weight excluding hydrogens is 178 g/mol. The van der Waals surface area contributed by atoms with Gasteiger partial charge in [-0.15, -0.1) is 0 Å². The lowest BCUT2D eigenvalue weighted by Gasteiger charge is -1.92. The van der Waals surface area contributed by atoms with Crippen LogP contribution in [0.25, 0.3) is 11.6 Å². The average molecular weight is 182 g/mol. The molecule has 5 nitrogen and oxygen atoms in total. The normalized spacial score (nSPS) is 10.1. The van der Waals surface area contributed by atoms with Gasteiger partial charge in [-0.1, -0.05) is 11.6 Å². The minimum absolute atomic E-state index is 0.386. The molecule has 12 heavy (non-hydrogen) atoms. The van der Waals surface area contributed by atoms with E-state index in [0.29, 0.717) is 16.8 Å². The zero-order valence-electron chi connectivity index (χ0n) is 5.90. The molecule has 0 amide bonds. The Morgan fingerprint density at radius 3 is 2.92 bits per heavy atom. The maximum absolute atomic E-state index is 5.65. The van der Waals surface area contributed by atoms with Gasteiger partial charge in [0, 0.05) is 6.20 Å². The molecule has 0 unspecified atom stereocenters. The van der Waals surface area contributed by atoms with E-state index in [4.69, 9.17) is 11.6 Å². The third-order valence-corrected chi connectivity index (χ3v) is 1.46. The standard InChI is InChI=1S/C6H4ClN5/c7-4-1-2-8-5(11-4)6-9-3-10-12-6/h1-3H,(H,9,10,12). The lowest BCUT2D eigenvalue weighted by molar-refractivity contribution is 1.06. The molecule has 0 saturated carbocycles. The monoisotopic (exact) mass is 181 g/mol. The van der Waals surface area contributed by atoms with Gasteiger partial charge in [0.05, 0.1) is 0 Å². The Labute approximate surface area is 72.8 Å². The number of H-pyrrole nitrogens is 1. The molecule has 0 aliphatic rings. The molecule has 0 aromatic carbocycles. The van der Waals surface area contributed by atoms with E-state index in [9.17, 15) is 0 Å². The van der Waals surface area contributed by atoms with Crippen molar-refractivity contribution in [2.75, 3.05) is 0 Å². The first-order valence-corrected chi connectivity index (χ1v) is 3.58. The molecule has 1 N–H and O–H groups in total. The van der Waals surface area contributed by atoms with E-state index in [1.165, 1.54) is 6.33 Å². The lowest BCUT2D eigenvalue weighted by atomic mass is 10.5. The summed E-state index contributed by atoms with van der Waals surface area (Å²) in [6.07, 6.45) is 2.95. The summed E-state index contributed by atoms with van der Waals surface area (Å²) in [7, 11) is 0. The number of aromatic amines is 1. The van der Waals surface area contributed by atoms with Crippen molar-refractivity contribution in [1.82, 2.24) is 25.1 Å². The summed E-state index contributed by atoms with van der Waals surface area (Å²) in [5, 5.41) is 6.69. The topological polar surface area (TPSA) is 67.3 Å². The predicted molar refractivity (Wildman–Crippen MR) is 42.4 cm³/mol. The summed E-state index contributed by atoms with van der Waals surface area (Å²) >= 11 is 5.65. The number of hydrogen-bond acceptors (Lipinski definition) is 4. The Morgan fingerprint density at radius 1 is 1.33 bits per heavy atom. The van der Waals surface area contributed by atoms with Gasteiger partial charge in [-0.25, -0.2) is 15.0 Å².